The molecule has 0 unspecified atom stereocenters. The van der Waals surface area contributed by atoms with Crippen LogP contribution in [0.15, 0.2) is 59.0 Å². The van der Waals surface area contributed by atoms with Crippen molar-refractivity contribution < 1.29 is 23.9 Å². The van der Waals surface area contributed by atoms with Crippen molar-refractivity contribution in [3.63, 3.8) is 0 Å². The van der Waals surface area contributed by atoms with Gasteiger partial charge in [-0.3, -0.25) is 14.4 Å². The Kier molecular flexibility index (Phi) is 6.18. The number of rotatable bonds is 4. The van der Waals surface area contributed by atoms with E-state index < -0.39 is 29.1 Å². The summed E-state index contributed by atoms with van der Waals surface area (Å²) in [5.41, 5.74) is 1.61. The predicted octanol–water partition coefficient (Wildman–Crippen LogP) is 6.32. The van der Waals surface area contributed by atoms with E-state index in [2.05, 4.69) is 0 Å². The van der Waals surface area contributed by atoms with Gasteiger partial charge in [0.1, 0.15) is 11.8 Å². The first-order valence-corrected chi connectivity index (χ1v) is 12.3. The Morgan fingerprint density at radius 3 is 2.32 bits per heavy atom. The summed E-state index contributed by atoms with van der Waals surface area (Å²) in [5, 5.41) is 11.4. The van der Waals surface area contributed by atoms with Crippen LogP contribution in [0.2, 0.25) is 10.0 Å². The Morgan fingerprint density at radius 2 is 1.73 bits per heavy atom. The molecule has 1 N–H and O–H groups in total. The van der Waals surface area contributed by atoms with Crippen LogP contribution < -0.4 is 4.90 Å². The number of nitrogens with zero attached hydrogens (tertiary/aromatic N) is 2. The number of aromatic nitrogens is 1. The number of aliphatic hydroxyl groups excluding tert-OH is 1. The monoisotopic (exact) mass is 536 g/mol. The number of carbonyl (C=O) groups is 3. The van der Waals surface area contributed by atoms with Gasteiger partial charge in [0.05, 0.1) is 17.5 Å². The van der Waals surface area contributed by atoms with Crippen LogP contribution in [0.3, 0.4) is 0 Å². The van der Waals surface area contributed by atoms with Crippen LogP contribution in [0.5, 0.6) is 0 Å². The second-order valence-electron chi connectivity index (χ2n) is 9.87. The largest absolute Gasteiger partial charge is 0.432 e. The van der Waals surface area contributed by atoms with E-state index in [1.165, 1.54) is 0 Å². The number of ketones is 1. The number of furan rings is 1. The van der Waals surface area contributed by atoms with Crippen molar-refractivity contribution in [1.82, 2.24) is 4.98 Å². The van der Waals surface area contributed by atoms with Gasteiger partial charge in [0.2, 0.25) is 17.4 Å². The molecule has 2 amide bonds. The summed E-state index contributed by atoms with van der Waals surface area (Å²) in [5.74, 6) is -2.05. The summed E-state index contributed by atoms with van der Waals surface area (Å²) in [6.07, 6.45) is -1.88. The molecular weight excluding hydrogens is 515 g/mol. The fraction of sp³-hybridized carbons (Fsp3) is 0.214. The fourth-order valence-electron chi connectivity index (χ4n) is 4.29. The highest BCUT2D eigenvalue weighted by molar-refractivity contribution is 6.33. The minimum absolute atomic E-state index is 0.0186. The molecule has 0 radical (unpaired) electrons. The minimum atomic E-state index is -1.50. The van der Waals surface area contributed by atoms with Gasteiger partial charge in [-0.2, -0.15) is 0 Å². The van der Waals surface area contributed by atoms with Crippen molar-refractivity contribution in [2.24, 2.45) is 5.41 Å². The van der Waals surface area contributed by atoms with Crippen LogP contribution in [-0.2, 0) is 9.59 Å². The summed E-state index contributed by atoms with van der Waals surface area (Å²) in [7, 11) is 0. The molecule has 9 heteroatoms. The Morgan fingerprint density at radius 1 is 1.05 bits per heavy atom. The van der Waals surface area contributed by atoms with E-state index in [0.717, 1.165) is 10.5 Å². The van der Waals surface area contributed by atoms with Crippen molar-refractivity contribution >= 4 is 57.6 Å². The van der Waals surface area contributed by atoms with Gasteiger partial charge in [-0.05, 0) is 29.8 Å². The quantitative estimate of drug-likeness (QED) is 0.242. The highest BCUT2D eigenvalue weighted by Crippen LogP contribution is 2.44. The number of anilines is 1. The molecule has 1 fully saturated rings. The predicted molar refractivity (Wildman–Crippen MR) is 142 cm³/mol. The SMILES string of the molecule is CC(C)(C)C(=O)c1oc2nc(-c3ccccc3Cl)c(-c3ccc(Cl)cc3)cc2c1N1C(=O)C[C@H](O)C1=O. The third-order valence-electron chi connectivity index (χ3n) is 6.17. The third-order valence-corrected chi connectivity index (χ3v) is 6.76. The molecule has 188 valence electrons. The molecule has 0 aliphatic carbocycles. The summed E-state index contributed by atoms with van der Waals surface area (Å²) in [4.78, 5) is 44.7. The number of fused-ring (bicyclic) bond motifs is 1. The van der Waals surface area contributed by atoms with Crippen LogP contribution in [0, 0.1) is 5.41 Å². The second-order valence-corrected chi connectivity index (χ2v) is 10.7. The number of amides is 2. The Labute approximate surface area is 222 Å². The van der Waals surface area contributed by atoms with E-state index in [1.54, 1.807) is 51.1 Å². The van der Waals surface area contributed by atoms with Gasteiger partial charge in [-0.25, -0.2) is 9.88 Å². The van der Waals surface area contributed by atoms with E-state index in [1.807, 2.05) is 24.3 Å². The number of imide groups is 1. The van der Waals surface area contributed by atoms with Gasteiger partial charge >= 0.3 is 0 Å². The van der Waals surface area contributed by atoms with E-state index in [9.17, 15) is 19.5 Å². The van der Waals surface area contributed by atoms with E-state index >= 15 is 0 Å². The summed E-state index contributed by atoms with van der Waals surface area (Å²) >= 11 is 12.6. The zero-order valence-corrected chi connectivity index (χ0v) is 21.7. The molecule has 2 aromatic heterocycles. The number of aliphatic hydroxyl groups is 1. The average molecular weight is 537 g/mol. The number of carbonyl (C=O) groups excluding carboxylic acids is 3. The maximum Gasteiger partial charge on any atom is 0.263 e. The van der Waals surface area contributed by atoms with Crippen LogP contribution >= 0.6 is 23.2 Å². The molecule has 1 aliphatic rings. The third kappa shape index (κ3) is 4.33. The van der Waals surface area contributed by atoms with Crippen molar-refractivity contribution in [3.8, 4) is 22.4 Å². The first-order valence-electron chi connectivity index (χ1n) is 11.6. The number of hydrogen-bond donors (Lipinski definition) is 1. The number of benzene rings is 2. The van der Waals surface area contributed by atoms with Gasteiger partial charge in [-0.15, -0.1) is 0 Å². The number of Topliss-reactive ketones (excluding diaryl/α,β-unsaturated/α-hetero) is 1. The fourth-order valence-corrected chi connectivity index (χ4v) is 4.64. The zero-order valence-electron chi connectivity index (χ0n) is 20.2. The highest BCUT2D eigenvalue weighted by Gasteiger charge is 2.44. The molecule has 1 aliphatic heterocycles. The molecule has 0 saturated carbocycles. The Hall–Kier alpha value is -3.52. The topological polar surface area (TPSA) is 101 Å². The van der Waals surface area contributed by atoms with Crippen LogP contribution in [0.4, 0.5) is 5.69 Å². The lowest BCUT2D eigenvalue weighted by Gasteiger charge is -2.19. The lowest BCUT2D eigenvalue weighted by molar-refractivity contribution is -0.124. The highest BCUT2D eigenvalue weighted by atomic mass is 35.5. The van der Waals surface area contributed by atoms with Crippen molar-refractivity contribution in [3.05, 3.63) is 70.4 Å². The van der Waals surface area contributed by atoms with E-state index in [-0.39, 0.29) is 29.0 Å². The first-order chi connectivity index (χ1) is 17.5. The molecule has 4 aromatic rings. The van der Waals surface area contributed by atoms with Crippen LogP contribution in [0.25, 0.3) is 33.5 Å². The smallest absolute Gasteiger partial charge is 0.263 e. The molecule has 0 bridgehead atoms. The standard InChI is InChI=1S/C28H22Cl2N2O5/c1-28(2,3)25(35)24-23(32-21(34)13-20(33)27(32)36)18-12-17(14-8-10-15(29)11-9-14)22(31-26(18)37-24)16-6-4-5-7-19(16)30/h4-12,20,33H,13H2,1-3H3/t20-/m0/s1. The number of hydrogen-bond acceptors (Lipinski definition) is 6. The maximum absolute atomic E-state index is 13.4. The molecule has 1 saturated heterocycles. The van der Waals surface area contributed by atoms with Gasteiger partial charge in [0, 0.05) is 26.6 Å². The zero-order chi connectivity index (χ0) is 26.6. The molecule has 1 atom stereocenters. The Bertz CT molecular complexity index is 1580. The number of pyridine rings is 1. The van der Waals surface area contributed by atoms with Gasteiger partial charge < -0.3 is 9.52 Å². The van der Waals surface area contributed by atoms with Crippen LogP contribution in [0.1, 0.15) is 37.7 Å². The Balaban J connectivity index is 1.88. The van der Waals surface area contributed by atoms with Crippen molar-refractivity contribution in [1.29, 1.82) is 0 Å². The van der Waals surface area contributed by atoms with Gasteiger partial charge in [-0.1, -0.05) is 74.3 Å². The van der Waals surface area contributed by atoms with E-state index in [4.69, 9.17) is 32.6 Å². The van der Waals surface area contributed by atoms with E-state index in [0.29, 0.717) is 26.9 Å². The molecule has 7 nitrogen and oxygen atoms in total. The lowest BCUT2D eigenvalue weighted by Crippen LogP contribution is -2.33. The summed E-state index contributed by atoms with van der Waals surface area (Å²) < 4.78 is 5.99. The molecule has 2 aromatic carbocycles. The lowest BCUT2D eigenvalue weighted by atomic mass is 9.88. The minimum Gasteiger partial charge on any atom is -0.432 e. The van der Waals surface area contributed by atoms with Crippen LogP contribution in [-0.4, -0.2) is 33.8 Å². The second kappa shape index (κ2) is 9.10. The number of halogens is 2. The maximum atomic E-state index is 13.4. The first kappa shape index (κ1) is 25.1. The van der Waals surface area contributed by atoms with Crippen molar-refractivity contribution in [2.45, 2.75) is 33.3 Å². The molecule has 5 rings (SSSR count). The normalized spacial score (nSPS) is 16.2. The van der Waals surface area contributed by atoms with Gasteiger partial charge in [0.25, 0.3) is 5.91 Å². The molecular formula is C28H22Cl2N2O5. The average Bonchev–Trinajstić information content (AvgIpc) is 3.32. The van der Waals surface area contributed by atoms with Crippen molar-refractivity contribution in [2.75, 3.05) is 4.90 Å². The molecule has 0 spiro atoms. The molecule has 37 heavy (non-hydrogen) atoms. The summed E-state index contributed by atoms with van der Waals surface area (Å²) in [6, 6.07) is 16.0. The molecule has 3 heterocycles. The summed E-state index contributed by atoms with van der Waals surface area (Å²) in [6.45, 7) is 5.11. The van der Waals surface area contributed by atoms with Gasteiger partial charge in [0.15, 0.2) is 5.76 Å².